The standard InChI is InChI=1S/C13H18O2/c1-10-13(11(2)15-9-14-10)8-12-6-4-3-5-7-12/h3-7,10-11,13H,8-9H2,1-2H3. The Morgan fingerprint density at radius 1 is 1.07 bits per heavy atom. The third-order valence-corrected chi connectivity index (χ3v) is 3.18. The third kappa shape index (κ3) is 2.58. The van der Waals surface area contributed by atoms with Crippen LogP contribution >= 0.6 is 0 Å². The third-order valence-electron chi connectivity index (χ3n) is 3.18. The van der Waals surface area contributed by atoms with E-state index in [0.29, 0.717) is 12.7 Å². The number of hydrogen-bond acceptors (Lipinski definition) is 2. The van der Waals surface area contributed by atoms with E-state index in [9.17, 15) is 0 Å². The molecule has 2 atom stereocenters. The van der Waals surface area contributed by atoms with Gasteiger partial charge in [0.1, 0.15) is 6.79 Å². The van der Waals surface area contributed by atoms with Gasteiger partial charge in [0.15, 0.2) is 0 Å². The fourth-order valence-electron chi connectivity index (χ4n) is 2.10. The summed E-state index contributed by atoms with van der Waals surface area (Å²) in [6.45, 7) is 4.70. The highest BCUT2D eigenvalue weighted by Crippen LogP contribution is 2.24. The first kappa shape index (κ1) is 10.7. The SMILES string of the molecule is CC1OCOC(C)C1Cc1ccccc1. The smallest absolute Gasteiger partial charge is 0.147 e. The molecule has 0 aliphatic carbocycles. The van der Waals surface area contributed by atoms with E-state index < -0.39 is 0 Å². The molecule has 2 unspecified atom stereocenters. The Kier molecular flexibility index (Phi) is 3.39. The van der Waals surface area contributed by atoms with E-state index in [-0.39, 0.29) is 12.2 Å². The molecule has 1 aromatic rings. The molecule has 1 saturated heterocycles. The van der Waals surface area contributed by atoms with Gasteiger partial charge in [-0.3, -0.25) is 0 Å². The summed E-state index contributed by atoms with van der Waals surface area (Å²) in [7, 11) is 0. The Bertz CT molecular complexity index is 287. The summed E-state index contributed by atoms with van der Waals surface area (Å²) in [6, 6.07) is 10.5. The normalized spacial score (nSPS) is 31.5. The molecule has 0 saturated carbocycles. The van der Waals surface area contributed by atoms with Gasteiger partial charge in [0.05, 0.1) is 12.2 Å². The van der Waals surface area contributed by atoms with Crippen molar-refractivity contribution in [3.63, 3.8) is 0 Å². The molecule has 82 valence electrons. The van der Waals surface area contributed by atoms with Crippen LogP contribution in [0.25, 0.3) is 0 Å². The molecule has 0 radical (unpaired) electrons. The first-order valence-electron chi connectivity index (χ1n) is 5.54. The fraction of sp³-hybridized carbons (Fsp3) is 0.538. The van der Waals surface area contributed by atoms with Crippen LogP contribution in [0.5, 0.6) is 0 Å². The average molecular weight is 206 g/mol. The second-order valence-corrected chi connectivity index (χ2v) is 4.21. The lowest BCUT2D eigenvalue weighted by atomic mass is 9.90. The summed E-state index contributed by atoms with van der Waals surface area (Å²) in [5.41, 5.74) is 1.36. The molecule has 0 spiro atoms. The number of benzene rings is 1. The van der Waals surface area contributed by atoms with Gasteiger partial charge >= 0.3 is 0 Å². The van der Waals surface area contributed by atoms with Crippen LogP contribution in [0.4, 0.5) is 0 Å². The van der Waals surface area contributed by atoms with E-state index in [1.54, 1.807) is 0 Å². The maximum absolute atomic E-state index is 5.51. The van der Waals surface area contributed by atoms with Crippen LogP contribution in [0.3, 0.4) is 0 Å². The molecule has 1 aliphatic rings. The molecular formula is C13H18O2. The molecule has 1 heterocycles. The molecule has 1 fully saturated rings. The van der Waals surface area contributed by atoms with Gasteiger partial charge in [-0.15, -0.1) is 0 Å². The van der Waals surface area contributed by atoms with Gasteiger partial charge in [-0.25, -0.2) is 0 Å². The molecule has 1 aromatic carbocycles. The molecule has 2 heteroatoms. The molecule has 0 amide bonds. The first-order valence-corrected chi connectivity index (χ1v) is 5.54. The average Bonchev–Trinajstić information content (AvgIpc) is 2.25. The van der Waals surface area contributed by atoms with Gasteiger partial charge in [0.25, 0.3) is 0 Å². The summed E-state index contributed by atoms with van der Waals surface area (Å²) in [5, 5.41) is 0. The summed E-state index contributed by atoms with van der Waals surface area (Å²) < 4.78 is 11.0. The van der Waals surface area contributed by atoms with Crippen molar-refractivity contribution in [3.05, 3.63) is 35.9 Å². The van der Waals surface area contributed by atoms with Gasteiger partial charge in [-0.05, 0) is 25.8 Å². The van der Waals surface area contributed by atoms with Gasteiger partial charge in [0.2, 0.25) is 0 Å². The molecule has 2 rings (SSSR count). The molecule has 2 nitrogen and oxygen atoms in total. The largest absolute Gasteiger partial charge is 0.352 e. The van der Waals surface area contributed by atoms with E-state index in [1.165, 1.54) is 5.56 Å². The Morgan fingerprint density at radius 3 is 2.27 bits per heavy atom. The summed E-state index contributed by atoms with van der Waals surface area (Å²) in [5.74, 6) is 0.459. The maximum Gasteiger partial charge on any atom is 0.147 e. The molecule has 0 aromatic heterocycles. The Labute approximate surface area is 91.2 Å². The van der Waals surface area contributed by atoms with Crippen LogP contribution in [0, 0.1) is 5.92 Å². The van der Waals surface area contributed by atoms with Crippen molar-refractivity contribution in [1.29, 1.82) is 0 Å². The van der Waals surface area contributed by atoms with Crippen LogP contribution in [-0.2, 0) is 15.9 Å². The van der Waals surface area contributed by atoms with E-state index in [4.69, 9.17) is 9.47 Å². The van der Waals surface area contributed by atoms with Crippen LogP contribution in [0.15, 0.2) is 30.3 Å². The van der Waals surface area contributed by atoms with Crippen LogP contribution in [-0.4, -0.2) is 19.0 Å². The van der Waals surface area contributed by atoms with Gasteiger partial charge < -0.3 is 9.47 Å². The number of ether oxygens (including phenoxy) is 2. The van der Waals surface area contributed by atoms with E-state index in [2.05, 4.69) is 38.1 Å². The monoisotopic (exact) mass is 206 g/mol. The number of hydrogen-bond donors (Lipinski definition) is 0. The topological polar surface area (TPSA) is 18.5 Å². The zero-order valence-electron chi connectivity index (χ0n) is 9.35. The van der Waals surface area contributed by atoms with E-state index in [0.717, 1.165) is 6.42 Å². The minimum atomic E-state index is 0.286. The zero-order chi connectivity index (χ0) is 10.7. The van der Waals surface area contributed by atoms with Crippen molar-refractivity contribution in [2.45, 2.75) is 32.5 Å². The Morgan fingerprint density at radius 2 is 1.67 bits per heavy atom. The lowest BCUT2D eigenvalue weighted by Crippen LogP contribution is -2.39. The minimum absolute atomic E-state index is 0.286. The number of rotatable bonds is 2. The second kappa shape index (κ2) is 4.77. The highest BCUT2D eigenvalue weighted by atomic mass is 16.7. The highest BCUT2D eigenvalue weighted by Gasteiger charge is 2.29. The minimum Gasteiger partial charge on any atom is -0.352 e. The summed E-state index contributed by atoms with van der Waals surface area (Å²) in [6.07, 6.45) is 1.60. The molecular weight excluding hydrogens is 188 g/mol. The van der Waals surface area contributed by atoms with Crippen molar-refractivity contribution < 1.29 is 9.47 Å². The van der Waals surface area contributed by atoms with Crippen molar-refractivity contribution in [1.82, 2.24) is 0 Å². The fourth-order valence-corrected chi connectivity index (χ4v) is 2.10. The van der Waals surface area contributed by atoms with Crippen LogP contribution < -0.4 is 0 Å². The zero-order valence-corrected chi connectivity index (χ0v) is 9.35. The molecule has 0 N–H and O–H groups in total. The van der Waals surface area contributed by atoms with Gasteiger partial charge in [-0.2, -0.15) is 0 Å². The van der Waals surface area contributed by atoms with E-state index in [1.807, 2.05) is 6.07 Å². The molecule has 0 bridgehead atoms. The van der Waals surface area contributed by atoms with Crippen molar-refractivity contribution >= 4 is 0 Å². The van der Waals surface area contributed by atoms with Gasteiger partial charge in [-0.1, -0.05) is 30.3 Å². The second-order valence-electron chi connectivity index (χ2n) is 4.21. The van der Waals surface area contributed by atoms with Gasteiger partial charge in [0, 0.05) is 5.92 Å². The summed E-state index contributed by atoms with van der Waals surface area (Å²) >= 11 is 0. The van der Waals surface area contributed by atoms with Crippen molar-refractivity contribution in [3.8, 4) is 0 Å². The van der Waals surface area contributed by atoms with Crippen LogP contribution in [0.2, 0.25) is 0 Å². The van der Waals surface area contributed by atoms with Crippen molar-refractivity contribution in [2.75, 3.05) is 6.79 Å². The molecule has 1 aliphatic heterocycles. The van der Waals surface area contributed by atoms with Crippen molar-refractivity contribution in [2.24, 2.45) is 5.92 Å². The predicted octanol–water partition coefficient (Wildman–Crippen LogP) is 2.63. The lowest BCUT2D eigenvalue weighted by molar-refractivity contribution is -0.196. The Balaban J connectivity index is 2.03. The van der Waals surface area contributed by atoms with Crippen LogP contribution in [0.1, 0.15) is 19.4 Å². The molecule has 15 heavy (non-hydrogen) atoms. The quantitative estimate of drug-likeness (QED) is 0.740. The maximum atomic E-state index is 5.51. The predicted molar refractivity (Wildman–Crippen MR) is 59.6 cm³/mol. The summed E-state index contributed by atoms with van der Waals surface area (Å²) in [4.78, 5) is 0. The first-order chi connectivity index (χ1) is 7.27. The Hall–Kier alpha value is -0.860. The highest BCUT2D eigenvalue weighted by molar-refractivity contribution is 5.15. The lowest BCUT2D eigenvalue weighted by Gasteiger charge is -2.34. The van der Waals surface area contributed by atoms with E-state index >= 15 is 0 Å².